The Morgan fingerprint density at radius 2 is 2.07 bits per heavy atom. The highest BCUT2D eigenvalue weighted by Gasteiger charge is 2.40. The van der Waals surface area contributed by atoms with Gasteiger partial charge in [0.1, 0.15) is 5.60 Å². The molecule has 4 unspecified atom stereocenters. The molecule has 1 fully saturated rings. The fraction of sp³-hybridized carbons (Fsp3) is 0.923. The van der Waals surface area contributed by atoms with Gasteiger partial charge in [-0.1, -0.05) is 27.2 Å². The number of carbonyl (C=O) groups excluding carboxylic acids is 1. The van der Waals surface area contributed by atoms with E-state index < -0.39 is 0 Å². The summed E-state index contributed by atoms with van der Waals surface area (Å²) in [6, 6.07) is 0. The lowest BCUT2D eigenvalue weighted by Crippen LogP contribution is -2.42. The van der Waals surface area contributed by atoms with Gasteiger partial charge in [0, 0.05) is 5.92 Å². The molecule has 1 saturated carbocycles. The Bertz CT molecular complexity index is 215. The van der Waals surface area contributed by atoms with Crippen LogP contribution in [0.25, 0.3) is 0 Å². The Balaban J connectivity index is 2.71. The molecule has 88 valence electrons. The zero-order valence-electron chi connectivity index (χ0n) is 10.5. The highest BCUT2D eigenvalue weighted by molar-refractivity contribution is 5.38. The van der Waals surface area contributed by atoms with Crippen LogP contribution in [-0.2, 0) is 9.53 Å². The fourth-order valence-corrected chi connectivity index (χ4v) is 3.12. The lowest BCUT2D eigenvalue weighted by Gasteiger charge is -2.43. The van der Waals surface area contributed by atoms with Crippen molar-refractivity contribution in [2.24, 2.45) is 17.8 Å². The minimum atomic E-state index is -0.249. The number of hydrogen-bond acceptors (Lipinski definition) is 2. The van der Waals surface area contributed by atoms with Gasteiger partial charge in [-0.15, -0.1) is 0 Å². The molecule has 1 rings (SSSR count). The van der Waals surface area contributed by atoms with Crippen LogP contribution >= 0.6 is 0 Å². The molecule has 15 heavy (non-hydrogen) atoms. The second kappa shape index (κ2) is 5.00. The minimum absolute atomic E-state index is 0.249. The first-order valence-electron chi connectivity index (χ1n) is 6.15. The molecule has 0 bridgehead atoms. The number of rotatable bonds is 4. The molecule has 1 aliphatic carbocycles. The maximum absolute atomic E-state index is 10.6. The molecule has 0 aromatic heterocycles. The summed E-state index contributed by atoms with van der Waals surface area (Å²) in [4.78, 5) is 10.6. The van der Waals surface area contributed by atoms with Crippen LogP contribution in [-0.4, -0.2) is 12.1 Å². The molecule has 0 aliphatic heterocycles. The summed E-state index contributed by atoms with van der Waals surface area (Å²) >= 11 is 0. The molecule has 0 amide bonds. The van der Waals surface area contributed by atoms with Crippen LogP contribution in [0, 0.1) is 17.8 Å². The summed E-state index contributed by atoms with van der Waals surface area (Å²) in [5.41, 5.74) is -0.249. The first kappa shape index (κ1) is 12.5. The Morgan fingerprint density at radius 3 is 2.53 bits per heavy atom. The van der Waals surface area contributed by atoms with E-state index in [-0.39, 0.29) is 5.60 Å². The van der Waals surface area contributed by atoms with Crippen LogP contribution in [0.5, 0.6) is 0 Å². The van der Waals surface area contributed by atoms with Crippen molar-refractivity contribution in [1.82, 2.24) is 0 Å². The third-order valence-corrected chi connectivity index (χ3v) is 4.24. The van der Waals surface area contributed by atoms with Gasteiger partial charge in [-0.3, -0.25) is 4.79 Å². The third kappa shape index (κ3) is 2.73. The van der Waals surface area contributed by atoms with E-state index >= 15 is 0 Å². The van der Waals surface area contributed by atoms with E-state index in [0.717, 1.165) is 12.3 Å². The molecule has 2 nitrogen and oxygen atoms in total. The Labute approximate surface area is 93.4 Å². The Morgan fingerprint density at radius 1 is 1.40 bits per heavy atom. The second-order valence-corrected chi connectivity index (χ2v) is 5.38. The van der Waals surface area contributed by atoms with Crippen LogP contribution in [0.3, 0.4) is 0 Å². The highest BCUT2D eigenvalue weighted by atomic mass is 16.5. The topological polar surface area (TPSA) is 26.3 Å². The van der Waals surface area contributed by atoms with Crippen LogP contribution < -0.4 is 0 Å². The maximum atomic E-state index is 10.6. The summed E-state index contributed by atoms with van der Waals surface area (Å²) in [5, 5.41) is 0. The summed E-state index contributed by atoms with van der Waals surface area (Å²) in [6.07, 6.45) is 4.64. The van der Waals surface area contributed by atoms with E-state index in [1.165, 1.54) is 19.3 Å². The van der Waals surface area contributed by atoms with E-state index in [1.54, 1.807) is 0 Å². The van der Waals surface area contributed by atoms with Gasteiger partial charge in [-0.05, 0) is 38.0 Å². The molecule has 0 saturated heterocycles. The van der Waals surface area contributed by atoms with Crippen molar-refractivity contribution in [3.05, 3.63) is 0 Å². The average Bonchev–Trinajstić information content (AvgIpc) is 2.17. The van der Waals surface area contributed by atoms with E-state index in [0.29, 0.717) is 18.3 Å². The van der Waals surface area contributed by atoms with E-state index in [2.05, 4.69) is 27.7 Å². The molecule has 0 aromatic rings. The predicted molar refractivity (Wildman–Crippen MR) is 61.5 cm³/mol. The lowest BCUT2D eigenvalue weighted by molar-refractivity contribution is -0.153. The third-order valence-electron chi connectivity index (χ3n) is 4.24. The van der Waals surface area contributed by atoms with Gasteiger partial charge >= 0.3 is 0 Å². The smallest absolute Gasteiger partial charge is 0.293 e. The van der Waals surface area contributed by atoms with E-state index in [1.807, 2.05) is 0 Å². The molecular weight excluding hydrogens is 188 g/mol. The van der Waals surface area contributed by atoms with Gasteiger partial charge in [-0.2, -0.15) is 0 Å². The standard InChI is InChI=1S/C13H24O2/c1-5-13(4,15-9-14)12-7-6-10(2)8-11(12)3/h9-12H,5-8H2,1-4H3. The molecule has 1 aliphatic rings. The van der Waals surface area contributed by atoms with Crippen molar-refractivity contribution in [1.29, 1.82) is 0 Å². The summed E-state index contributed by atoms with van der Waals surface area (Å²) in [7, 11) is 0. The van der Waals surface area contributed by atoms with Crippen molar-refractivity contribution < 1.29 is 9.53 Å². The molecule has 0 radical (unpaired) electrons. The largest absolute Gasteiger partial charge is 0.461 e. The van der Waals surface area contributed by atoms with Gasteiger partial charge < -0.3 is 4.74 Å². The summed E-state index contributed by atoms with van der Waals surface area (Å²) in [5.74, 6) is 2.02. The van der Waals surface area contributed by atoms with Crippen LogP contribution in [0.4, 0.5) is 0 Å². The fourth-order valence-electron chi connectivity index (χ4n) is 3.12. The van der Waals surface area contributed by atoms with Crippen molar-refractivity contribution in [3.63, 3.8) is 0 Å². The zero-order valence-corrected chi connectivity index (χ0v) is 10.5. The monoisotopic (exact) mass is 212 g/mol. The zero-order chi connectivity index (χ0) is 11.5. The maximum Gasteiger partial charge on any atom is 0.293 e. The van der Waals surface area contributed by atoms with Gasteiger partial charge in [0.2, 0.25) is 0 Å². The summed E-state index contributed by atoms with van der Waals surface area (Å²) < 4.78 is 5.34. The molecule has 2 heteroatoms. The predicted octanol–water partition coefficient (Wildman–Crippen LogP) is 3.40. The average molecular weight is 212 g/mol. The van der Waals surface area contributed by atoms with Crippen molar-refractivity contribution in [2.75, 3.05) is 0 Å². The SMILES string of the molecule is CCC(C)(OC=O)C1CCC(C)CC1C. The van der Waals surface area contributed by atoms with Crippen molar-refractivity contribution >= 4 is 6.47 Å². The molecule has 0 heterocycles. The first-order valence-corrected chi connectivity index (χ1v) is 6.15. The Hall–Kier alpha value is -0.530. The quantitative estimate of drug-likeness (QED) is 0.668. The minimum Gasteiger partial charge on any atom is -0.461 e. The second-order valence-electron chi connectivity index (χ2n) is 5.38. The van der Waals surface area contributed by atoms with Gasteiger partial charge in [0.25, 0.3) is 6.47 Å². The normalized spacial score (nSPS) is 35.6. The van der Waals surface area contributed by atoms with Gasteiger partial charge in [0.05, 0.1) is 0 Å². The molecule has 0 aromatic carbocycles. The van der Waals surface area contributed by atoms with Crippen LogP contribution in [0.2, 0.25) is 0 Å². The molecular formula is C13H24O2. The number of carbonyl (C=O) groups is 1. The van der Waals surface area contributed by atoms with Gasteiger partial charge in [-0.25, -0.2) is 0 Å². The molecule has 0 N–H and O–H groups in total. The van der Waals surface area contributed by atoms with Gasteiger partial charge in [0.15, 0.2) is 0 Å². The lowest BCUT2D eigenvalue weighted by atomic mass is 9.68. The van der Waals surface area contributed by atoms with E-state index in [4.69, 9.17) is 4.74 Å². The Kier molecular flexibility index (Phi) is 4.18. The summed E-state index contributed by atoms with van der Waals surface area (Å²) in [6.45, 7) is 9.42. The van der Waals surface area contributed by atoms with E-state index in [9.17, 15) is 4.79 Å². The highest BCUT2D eigenvalue weighted by Crippen LogP contribution is 2.42. The molecule has 0 spiro atoms. The number of hydrogen-bond donors (Lipinski definition) is 0. The molecule has 4 atom stereocenters. The van der Waals surface area contributed by atoms with Crippen molar-refractivity contribution in [2.45, 2.75) is 59.0 Å². The van der Waals surface area contributed by atoms with Crippen LogP contribution in [0.1, 0.15) is 53.4 Å². The van der Waals surface area contributed by atoms with Crippen molar-refractivity contribution in [3.8, 4) is 0 Å². The first-order chi connectivity index (χ1) is 7.03. The van der Waals surface area contributed by atoms with Crippen LogP contribution in [0.15, 0.2) is 0 Å². The number of ether oxygens (including phenoxy) is 1.